The maximum absolute atomic E-state index is 13.0. The lowest BCUT2D eigenvalue weighted by atomic mass is 10.1. The van der Waals surface area contributed by atoms with E-state index in [9.17, 15) is 14.4 Å². The number of methoxy groups -OCH3 is 2. The third-order valence-corrected chi connectivity index (χ3v) is 5.10. The molecule has 0 bridgehead atoms. The van der Waals surface area contributed by atoms with E-state index in [2.05, 4.69) is 20.3 Å². The Kier molecular flexibility index (Phi) is 6.09. The highest BCUT2D eigenvalue weighted by atomic mass is 35.5. The molecule has 168 valence electrons. The van der Waals surface area contributed by atoms with E-state index in [0.717, 1.165) is 10.1 Å². The third-order valence-electron chi connectivity index (χ3n) is 4.85. The van der Waals surface area contributed by atoms with Crippen molar-refractivity contribution in [1.29, 1.82) is 0 Å². The van der Waals surface area contributed by atoms with E-state index in [1.807, 2.05) is 0 Å². The molecule has 0 fully saturated rings. The van der Waals surface area contributed by atoms with E-state index in [4.69, 9.17) is 21.1 Å². The number of carbonyl (C=O) groups is 1. The van der Waals surface area contributed by atoms with Crippen molar-refractivity contribution in [2.75, 3.05) is 14.2 Å². The summed E-state index contributed by atoms with van der Waals surface area (Å²) in [7, 11) is 2.79. The molecule has 2 N–H and O–H groups in total. The van der Waals surface area contributed by atoms with Crippen LogP contribution in [0.25, 0.3) is 16.9 Å². The van der Waals surface area contributed by atoms with Crippen LogP contribution in [0.1, 0.15) is 15.9 Å². The van der Waals surface area contributed by atoms with Crippen molar-refractivity contribution in [2.45, 2.75) is 6.54 Å². The summed E-state index contributed by atoms with van der Waals surface area (Å²) in [5.41, 5.74) is -0.0419. The smallest absolute Gasteiger partial charge is 0.335 e. The summed E-state index contributed by atoms with van der Waals surface area (Å²) >= 11 is 5.87. The predicted octanol–water partition coefficient (Wildman–Crippen LogP) is 2.07. The van der Waals surface area contributed by atoms with Crippen molar-refractivity contribution in [3.05, 3.63) is 85.6 Å². The number of H-pyrrole nitrogens is 1. The Morgan fingerprint density at radius 2 is 1.88 bits per heavy atom. The lowest BCUT2D eigenvalue weighted by molar-refractivity contribution is 0.0951. The number of nitrogens with zero attached hydrogens (tertiary/aromatic N) is 3. The second-order valence-electron chi connectivity index (χ2n) is 6.89. The highest BCUT2D eigenvalue weighted by Gasteiger charge is 2.16. The Labute approximate surface area is 191 Å². The largest absolute Gasteiger partial charge is 0.490 e. The number of aromatic amines is 1. The number of halogens is 1. The number of rotatable bonds is 6. The summed E-state index contributed by atoms with van der Waals surface area (Å²) in [4.78, 5) is 48.9. The monoisotopic (exact) mass is 467 g/mol. The maximum Gasteiger partial charge on any atom is 0.335 e. The highest BCUT2D eigenvalue weighted by Crippen LogP contribution is 2.22. The molecule has 0 radical (unpaired) electrons. The molecule has 0 spiro atoms. The number of aromatic nitrogens is 4. The van der Waals surface area contributed by atoms with E-state index in [1.54, 1.807) is 24.3 Å². The molecule has 0 aliphatic carbocycles. The lowest BCUT2D eigenvalue weighted by Gasteiger charge is -2.10. The van der Waals surface area contributed by atoms with Gasteiger partial charge in [0.1, 0.15) is 0 Å². The van der Waals surface area contributed by atoms with Gasteiger partial charge in [0, 0.05) is 17.1 Å². The minimum absolute atomic E-state index is 0.0709. The van der Waals surface area contributed by atoms with Gasteiger partial charge in [-0.3, -0.25) is 9.59 Å². The number of amides is 1. The molecule has 0 saturated carbocycles. The first-order valence-electron chi connectivity index (χ1n) is 9.68. The number of hydrogen-bond donors (Lipinski definition) is 2. The molecule has 4 aromatic rings. The van der Waals surface area contributed by atoms with Crippen LogP contribution < -0.4 is 26.0 Å². The van der Waals surface area contributed by atoms with E-state index in [1.165, 1.54) is 38.6 Å². The Morgan fingerprint density at radius 3 is 2.58 bits per heavy atom. The SMILES string of the molecule is COc1cnc(-n2c(=O)[nH]c3cc(C(=O)NCc4ccc(Cl)cc4)ccc3c2=O)nc1OC. The molecule has 2 heterocycles. The Balaban J connectivity index is 1.66. The van der Waals surface area contributed by atoms with Crippen LogP contribution in [0.4, 0.5) is 0 Å². The summed E-state index contributed by atoms with van der Waals surface area (Å²) < 4.78 is 11.0. The molecule has 0 unspecified atom stereocenters. The molecule has 33 heavy (non-hydrogen) atoms. The molecule has 2 aromatic heterocycles. The summed E-state index contributed by atoms with van der Waals surface area (Å²) in [6.45, 7) is 0.294. The molecule has 4 rings (SSSR count). The second kappa shape index (κ2) is 9.13. The number of benzene rings is 2. The predicted molar refractivity (Wildman–Crippen MR) is 121 cm³/mol. The molecule has 0 atom stereocenters. The molecule has 11 heteroatoms. The lowest BCUT2D eigenvalue weighted by Crippen LogP contribution is -2.35. The summed E-state index contributed by atoms with van der Waals surface area (Å²) in [6, 6.07) is 11.5. The standard InChI is InChI=1S/C22H18ClN5O5/c1-32-17-11-25-21(27-19(17)33-2)28-20(30)15-8-5-13(9-16(15)26-22(28)31)18(29)24-10-12-3-6-14(23)7-4-12/h3-9,11H,10H2,1-2H3,(H,24,29)(H,26,31). The van der Waals surface area contributed by atoms with Gasteiger partial charge in [-0.1, -0.05) is 23.7 Å². The normalized spacial score (nSPS) is 10.8. The number of hydrogen-bond acceptors (Lipinski definition) is 7. The fourth-order valence-corrected chi connectivity index (χ4v) is 3.29. The van der Waals surface area contributed by atoms with Gasteiger partial charge in [0.05, 0.1) is 31.3 Å². The quantitative estimate of drug-likeness (QED) is 0.444. The van der Waals surface area contributed by atoms with Crippen molar-refractivity contribution >= 4 is 28.4 Å². The average Bonchev–Trinajstić information content (AvgIpc) is 2.83. The number of carbonyl (C=O) groups excluding carboxylic acids is 1. The maximum atomic E-state index is 13.0. The first-order chi connectivity index (χ1) is 15.9. The van der Waals surface area contributed by atoms with Crippen LogP contribution in [0, 0.1) is 0 Å². The van der Waals surface area contributed by atoms with E-state index >= 15 is 0 Å². The Hall–Kier alpha value is -4.18. The third kappa shape index (κ3) is 4.41. The molecule has 0 aliphatic heterocycles. The van der Waals surface area contributed by atoms with Gasteiger partial charge in [-0.05, 0) is 35.9 Å². The van der Waals surface area contributed by atoms with E-state index in [-0.39, 0.29) is 40.0 Å². The molecule has 0 aliphatic rings. The van der Waals surface area contributed by atoms with Crippen LogP contribution in [0.5, 0.6) is 11.6 Å². The highest BCUT2D eigenvalue weighted by molar-refractivity contribution is 6.30. The minimum Gasteiger partial charge on any atom is -0.490 e. The van der Waals surface area contributed by atoms with Gasteiger partial charge >= 0.3 is 5.69 Å². The fraction of sp³-hybridized carbons (Fsp3) is 0.136. The van der Waals surface area contributed by atoms with Gasteiger partial charge in [-0.2, -0.15) is 9.55 Å². The van der Waals surface area contributed by atoms with Crippen LogP contribution in [0.2, 0.25) is 5.02 Å². The van der Waals surface area contributed by atoms with Crippen molar-refractivity contribution in [3.63, 3.8) is 0 Å². The van der Waals surface area contributed by atoms with Gasteiger partial charge < -0.3 is 19.8 Å². The number of nitrogens with one attached hydrogen (secondary N) is 2. The first-order valence-corrected chi connectivity index (χ1v) is 10.1. The van der Waals surface area contributed by atoms with Gasteiger partial charge in [0.25, 0.3) is 17.3 Å². The van der Waals surface area contributed by atoms with Gasteiger partial charge in [0.2, 0.25) is 5.95 Å². The zero-order chi connectivity index (χ0) is 23.5. The second-order valence-corrected chi connectivity index (χ2v) is 7.32. The first kappa shape index (κ1) is 22.0. The summed E-state index contributed by atoms with van der Waals surface area (Å²) in [5.74, 6) is -0.215. The zero-order valence-electron chi connectivity index (χ0n) is 17.6. The number of fused-ring (bicyclic) bond motifs is 1. The average molecular weight is 468 g/mol. The fourth-order valence-electron chi connectivity index (χ4n) is 3.17. The van der Waals surface area contributed by atoms with Gasteiger partial charge in [-0.15, -0.1) is 0 Å². The van der Waals surface area contributed by atoms with Crippen molar-refractivity contribution in [1.82, 2.24) is 24.8 Å². The van der Waals surface area contributed by atoms with Crippen molar-refractivity contribution < 1.29 is 14.3 Å². The van der Waals surface area contributed by atoms with Crippen molar-refractivity contribution in [2.24, 2.45) is 0 Å². The minimum atomic E-state index is -0.765. The van der Waals surface area contributed by atoms with Gasteiger partial charge in [0.15, 0.2) is 5.75 Å². The zero-order valence-corrected chi connectivity index (χ0v) is 18.3. The molecule has 0 saturated heterocycles. The summed E-state index contributed by atoms with van der Waals surface area (Å²) in [6.07, 6.45) is 1.30. The topological polar surface area (TPSA) is 128 Å². The van der Waals surface area contributed by atoms with E-state index < -0.39 is 11.2 Å². The Bertz CT molecular complexity index is 1460. The summed E-state index contributed by atoms with van der Waals surface area (Å²) in [5, 5.41) is 3.57. The molecule has 1 amide bonds. The van der Waals surface area contributed by atoms with Crippen LogP contribution in [-0.2, 0) is 6.54 Å². The van der Waals surface area contributed by atoms with E-state index in [0.29, 0.717) is 11.6 Å². The van der Waals surface area contributed by atoms with Crippen LogP contribution in [-0.4, -0.2) is 39.6 Å². The van der Waals surface area contributed by atoms with Crippen LogP contribution in [0.3, 0.4) is 0 Å². The van der Waals surface area contributed by atoms with Crippen LogP contribution in [0.15, 0.2) is 58.3 Å². The molecule has 2 aromatic carbocycles. The Morgan fingerprint density at radius 1 is 1.12 bits per heavy atom. The molecular formula is C22H18ClN5O5. The molecular weight excluding hydrogens is 450 g/mol. The van der Waals surface area contributed by atoms with Crippen LogP contribution >= 0.6 is 11.6 Å². The molecule has 10 nitrogen and oxygen atoms in total. The van der Waals surface area contributed by atoms with Gasteiger partial charge in [-0.25, -0.2) is 9.78 Å². The number of ether oxygens (including phenoxy) is 2. The van der Waals surface area contributed by atoms with Crippen molar-refractivity contribution in [3.8, 4) is 17.6 Å².